The van der Waals surface area contributed by atoms with E-state index < -0.39 is 0 Å². The molecule has 0 aromatic heterocycles. The summed E-state index contributed by atoms with van der Waals surface area (Å²) in [6.45, 7) is 4.95. The van der Waals surface area contributed by atoms with Crippen LogP contribution in [0.25, 0.3) is 0 Å². The first-order valence-corrected chi connectivity index (χ1v) is 8.31. The van der Waals surface area contributed by atoms with Crippen LogP contribution in [0.1, 0.15) is 78.1 Å². The quantitative estimate of drug-likeness (QED) is 0.190. The summed E-state index contributed by atoms with van der Waals surface area (Å²) in [7, 11) is 0. The van der Waals surface area contributed by atoms with Gasteiger partial charge in [-0.2, -0.15) is 0 Å². The van der Waals surface area contributed by atoms with E-state index in [1.165, 1.54) is 51.0 Å². The molecule has 0 N–H and O–H groups in total. The second-order valence-corrected chi connectivity index (χ2v) is 5.22. The average molecular weight is 280 g/mol. The Morgan fingerprint density at radius 2 is 1.50 bits per heavy atom. The van der Waals surface area contributed by atoms with Gasteiger partial charge < -0.3 is 4.74 Å². The number of hydrogen-bond donors (Lipinski definition) is 0. The summed E-state index contributed by atoms with van der Waals surface area (Å²) < 4.78 is 5.10. The molecule has 0 atom stereocenters. The van der Waals surface area contributed by atoms with Crippen molar-refractivity contribution in [2.24, 2.45) is 0 Å². The second-order valence-electron chi connectivity index (χ2n) is 5.22. The first-order chi connectivity index (χ1) is 9.81. The molecule has 0 radical (unpaired) electrons. The van der Waals surface area contributed by atoms with Gasteiger partial charge in [-0.15, -0.1) is 0 Å². The van der Waals surface area contributed by atoms with Gasteiger partial charge in [0.2, 0.25) is 0 Å². The van der Waals surface area contributed by atoms with Crippen molar-refractivity contribution in [3.05, 3.63) is 24.3 Å². The van der Waals surface area contributed by atoms with Gasteiger partial charge in [-0.25, -0.2) is 4.79 Å². The molecule has 2 heteroatoms. The Bertz CT molecular complexity index is 267. The topological polar surface area (TPSA) is 26.3 Å². The van der Waals surface area contributed by atoms with E-state index in [-0.39, 0.29) is 5.97 Å². The van der Waals surface area contributed by atoms with Crippen LogP contribution in [-0.2, 0) is 9.53 Å². The van der Waals surface area contributed by atoms with Crippen LogP contribution >= 0.6 is 0 Å². The predicted molar refractivity (Wildman–Crippen MR) is 86.8 cm³/mol. The minimum atomic E-state index is -0.228. The fraction of sp³-hybridized carbons (Fsp3) is 0.722. The van der Waals surface area contributed by atoms with Crippen molar-refractivity contribution in [3.63, 3.8) is 0 Å². The molecule has 0 spiro atoms. The third kappa shape index (κ3) is 15.0. The van der Waals surface area contributed by atoms with Crippen LogP contribution in [0.5, 0.6) is 0 Å². The molecule has 0 aromatic carbocycles. The lowest BCUT2D eigenvalue weighted by Gasteiger charge is -2.00. The highest BCUT2D eigenvalue weighted by Gasteiger charge is 1.95. The molecule has 20 heavy (non-hydrogen) atoms. The minimum absolute atomic E-state index is 0.228. The van der Waals surface area contributed by atoms with Crippen molar-refractivity contribution in [2.75, 3.05) is 6.61 Å². The zero-order valence-corrected chi connectivity index (χ0v) is 13.4. The second kappa shape index (κ2) is 16.0. The zero-order valence-electron chi connectivity index (χ0n) is 13.4. The van der Waals surface area contributed by atoms with Gasteiger partial charge in [0, 0.05) is 6.08 Å². The van der Waals surface area contributed by atoms with Crippen molar-refractivity contribution in [2.45, 2.75) is 78.1 Å². The molecule has 0 saturated carbocycles. The number of allylic oxidation sites excluding steroid dienone is 3. The standard InChI is InChI=1S/C18H32O2/c1-3-5-7-9-10-11-12-13-14-16-18(19)20-17-15-8-6-4-2/h12-14,16H,3-11,15,17H2,1-2H3/b13-12+,16-14+. The first kappa shape index (κ1) is 18.9. The maximum atomic E-state index is 11.3. The summed E-state index contributed by atoms with van der Waals surface area (Å²) in [5, 5.41) is 0. The molecule has 0 fully saturated rings. The van der Waals surface area contributed by atoms with Gasteiger partial charge >= 0.3 is 5.97 Å². The minimum Gasteiger partial charge on any atom is -0.463 e. The molecule has 0 aromatic rings. The largest absolute Gasteiger partial charge is 0.463 e. The number of ether oxygens (including phenoxy) is 1. The zero-order chi connectivity index (χ0) is 14.9. The van der Waals surface area contributed by atoms with Crippen molar-refractivity contribution in [1.29, 1.82) is 0 Å². The Kier molecular flexibility index (Phi) is 15.2. The normalized spacial score (nSPS) is 11.5. The molecule has 0 heterocycles. The number of carbonyl (C=O) groups is 1. The van der Waals surface area contributed by atoms with Crippen LogP contribution in [0.2, 0.25) is 0 Å². The average Bonchev–Trinajstić information content (AvgIpc) is 2.45. The Hall–Kier alpha value is -1.05. The lowest BCUT2D eigenvalue weighted by Crippen LogP contribution is -2.01. The molecule has 0 bridgehead atoms. The van der Waals surface area contributed by atoms with E-state index in [2.05, 4.69) is 19.9 Å². The molecule has 0 aliphatic heterocycles. The van der Waals surface area contributed by atoms with Crippen LogP contribution in [0, 0.1) is 0 Å². The summed E-state index contributed by atoms with van der Waals surface area (Å²) in [4.78, 5) is 11.3. The summed E-state index contributed by atoms with van der Waals surface area (Å²) in [6, 6.07) is 0. The molecule has 0 unspecified atom stereocenters. The number of rotatable bonds is 13. The Morgan fingerprint density at radius 3 is 2.20 bits per heavy atom. The maximum absolute atomic E-state index is 11.3. The summed E-state index contributed by atoms with van der Waals surface area (Å²) in [6.07, 6.45) is 19.5. The summed E-state index contributed by atoms with van der Waals surface area (Å²) in [5.41, 5.74) is 0. The lowest BCUT2D eigenvalue weighted by molar-refractivity contribution is -0.137. The fourth-order valence-electron chi connectivity index (χ4n) is 1.92. The third-order valence-electron chi connectivity index (χ3n) is 3.20. The van der Waals surface area contributed by atoms with Gasteiger partial charge in [0.15, 0.2) is 0 Å². The monoisotopic (exact) mass is 280 g/mol. The van der Waals surface area contributed by atoms with Crippen LogP contribution in [0.4, 0.5) is 0 Å². The number of carbonyl (C=O) groups excluding carboxylic acids is 1. The molecular weight excluding hydrogens is 248 g/mol. The van der Waals surface area contributed by atoms with E-state index in [1.807, 2.05) is 6.08 Å². The van der Waals surface area contributed by atoms with E-state index in [0.717, 1.165) is 19.3 Å². The van der Waals surface area contributed by atoms with Crippen molar-refractivity contribution in [3.8, 4) is 0 Å². The van der Waals surface area contributed by atoms with Crippen molar-refractivity contribution in [1.82, 2.24) is 0 Å². The highest BCUT2D eigenvalue weighted by Crippen LogP contribution is 2.05. The van der Waals surface area contributed by atoms with Gasteiger partial charge in [0.05, 0.1) is 6.61 Å². The van der Waals surface area contributed by atoms with Gasteiger partial charge in [0.25, 0.3) is 0 Å². The van der Waals surface area contributed by atoms with E-state index in [9.17, 15) is 4.79 Å². The smallest absolute Gasteiger partial charge is 0.330 e. The van der Waals surface area contributed by atoms with Crippen LogP contribution in [0.3, 0.4) is 0 Å². The van der Waals surface area contributed by atoms with Gasteiger partial charge in [-0.05, 0) is 19.3 Å². The molecule has 116 valence electrons. The highest BCUT2D eigenvalue weighted by molar-refractivity contribution is 5.82. The molecule has 2 nitrogen and oxygen atoms in total. The molecule has 0 rings (SSSR count). The van der Waals surface area contributed by atoms with E-state index >= 15 is 0 Å². The SMILES string of the molecule is CCCCCCC/C=C/C=C/C(=O)OCCCCCC. The fourth-order valence-corrected chi connectivity index (χ4v) is 1.92. The summed E-state index contributed by atoms with van der Waals surface area (Å²) in [5.74, 6) is -0.228. The Labute approximate surface area is 125 Å². The first-order valence-electron chi connectivity index (χ1n) is 8.31. The van der Waals surface area contributed by atoms with Gasteiger partial charge in [-0.1, -0.05) is 77.0 Å². The Balaban J connectivity index is 3.41. The molecular formula is C18H32O2. The van der Waals surface area contributed by atoms with Crippen molar-refractivity contribution >= 4 is 5.97 Å². The van der Waals surface area contributed by atoms with Gasteiger partial charge in [0.1, 0.15) is 0 Å². The van der Waals surface area contributed by atoms with Crippen LogP contribution in [0.15, 0.2) is 24.3 Å². The predicted octanol–water partition coefficient (Wildman–Crippen LogP) is 5.58. The lowest BCUT2D eigenvalue weighted by atomic mass is 10.1. The van der Waals surface area contributed by atoms with Crippen LogP contribution < -0.4 is 0 Å². The summed E-state index contributed by atoms with van der Waals surface area (Å²) >= 11 is 0. The number of esters is 1. The van der Waals surface area contributed by atoms with Gasteiger partial charge in [-0.3, -0.25) is 0 Å². The molecule has 0 aliphatic carbocycles. The van der Waals surface area contributed by atoms with E-state index in [4.69, 9.17) is 4.74 Å². The van der Waals surface area contributed by atoms with Crippen molar-refractivity contribution < 1.29 is 9.53 Å². The Morgan fingerprint density at radius 1 is 0.850 bits per heavy atom. The molecule has 0 saturated heterocycles. The number of hydrogen-bond acceptors (Lipinski definition) is 2. The molecule has 0 amide bonds. The maximum Gasteiger partial charge on any atom is 0.330 e. The molecule has 0 aliphatic rings. The third-order valence-corrected chi connectivity index (χ3v) is 3.20. The number of unbranched alkanes of at least 4 members (excludes halogenated alkanes) is 8. The van der Waals surface area contributed by atoms with E-state index in [1.54, 1.807) is 6.08 Å². The van der Waals surface area contributed by atoms with Crippen LogP contribution in [-0.4, -0.2) is 12.6 Å². The van der Waals surface area contributed by atoms with E-state index in [0.29, 0.717) is 6.61 Å². The highest BCUT2D eigenvalue weighted by atomic mass is 16.5.